The molecule has 6 heteroatoms. The first-order chi connectivity index (χ1) is 14.2. The second-order valence-electron chi connectivity index (χ2n) is 6.53. The lowest BCUT2D eigenvalue weighted by molar-refractivity contribution is -0.115. The Kier molecular flexibility index (Phi) is 5.72. The van der Waals surface area contributed by atoms with Crippen LogP contribution in [0.2, 0.25) is 0 Å². The molecule has 0 saturated heterocycles. The molecule has 4 rings (SSSR count). The van der Waals surface area contributed by atoms with Gasteiger partial charge < -0.3 is 10.6 Å². The molecule has 0 fully saturated rings. The standard InChI is InChI=1S/C23H19N3O2S/c27-22-11-13-29-21-10-8-17(15-20(21)26-22)23(28)25-19-6-3-4-16(14-19)7-9-18-5-1-2-12-24-18/h1-10,12,14-15H,11,13H2,(H,25,28)(H,26,27). The SMILES string of the molecule is O=C1CCSc2ccc(C(=O)Nc3cccc(C=Cc4ccccn4)c3)cc2N1. The summed E-state index contributed by atoms with van der Waals surface area (Å²) in [6, 6.07) is 18.7. The van der Waals surface area contributed by atoms with Crippen LogP contribution in [0, 0.1) is 0 Å². The van der Waals surface area contributed by atoms with Crippen LogP contribution in [-0.2, 0) is 4.79 Å². The number of carbonyl (C=O) groups is 2. The fraction of sp³-hybridized carbons (Fsp3) is 0.0870. The molecule has 2 N–H and O–H groups in total. The van der Waals surface area contributed by atoms with Gasteiger partial charge in [0.25, 0.3) is 5.91 Å². The van der Waals surface area contributed by atoms with Gasteiger partial charge in [0.05, 0.1) is 11.4 Å². The van der Waals surface area contributed by atoms with Crippen molar-refractivity contribution < 1.29 is 9.59 Å². The van der Waals surface area contributed by atoms with Crippen molar-refractivity contribution in [2.75, 3.05) is 16.4 Å². The molecule has 2 amide bonds. The number of fused-ring (bicyclic) bond motifs is 1. The molecule has 0 atom stereocenters. The van der Waals surface area contributed by atoms with Crippen molar-refractivity contribution in [1.29, 1.82) is 0 Å². The Morgan fingerprint density at radius 2 is 2.00 bits per heavy atom. The molecule has 144 valence electrons. The zero-order valence-corrected chi connectivity index (χ0v) is 16.4. The Hall–Kier alpha value is -3.38. The van der Waals surface area contributed by atoms with Crippen molar-refractivity contribution in [3.63, 3.8) is 0 Å². The van der Waals surface area contributed by atoms with Crippen LogP contribution < -0.4 is 10.6 Å². The van der Waals surface area contributed by atoms with Gasteiger partial charge in [-0.2, -0.15) is 0 Å². The van der Waals surface area contributed by atoms with Crippen LogP contribution in [0.25, 0.3) is 12.2 Å². The van der Waals surface area contributed by atoms with E-state index in [0.29, 0.717) is 23.4 Å². The Morgan fingerprint density at radius 1 is 1.07 bits per heavy atom. The molecule has 0 unspecified atom stereocenters. The topological polar surface area (TPSA) is 71.1 Å². The summed E-state index contributed by atoms with van der Waals surface area (Å²) in [5, 5.41) is 5.79. The van der Waals surface area contributed by atoms with Gasteiger partial charge in [-0.3, -0.25) is 14.6 Å². The molecule has 0 spiro atoms. The molecular weight excluding hydrogens is 382 g/mol. The summed E-state index contributed by atoms with van der Waals surface area (Å²) in [7, 11) is 0. The van der Waals surface area contributed by atoms with E-state index in [1.54, 1.807) is 30.1 Å². The lowest BCUT2D eigenvalue weighted by Crippen LogP contribution is -2.14. The third-order valence-corrected chi connectivity index (χ3v) is 5.46. The highest BCUT2D eigenvalue weighted by Crippen LogP contribution is 2.31. The molecule has 1 aromatic heterocycles. The van der Waals surface area contributed by atoms with Gasteiger partial charge in [-0.05, 0) is 54.1 Å². The zero-order chi connectivity index (χ0) is 20.1. The van der Waals surface area contributed by atoms with Crippen molar-refractivity contribution in [2.24, 2.45) is 0 Å². The molecule has 1 aliphatic heterocycles. The highest BCUT2D eigenvalue weighted by molar-refractivity contribution is 7.99. The van der Waals surface area contributed by atoms with E-state index in [0.717, 1.165) is 21.9 Å². The number of rotatable bonds is 4. The largest absolute Gasteiger partial charge is 0.325 e. The Balaban J connectivity index is 1.49. The van der Waals surface area contributed by atoms with Gasteiger partial charge in [-0.1, -0.05) is 24.3 Å². The summed E-state index contributed by atoms with van der Waals surface area (Å²) in [6.45, 7) is 0. The summed E-state index contributed by atoms with van der Waals surface area (Å²) < 4.78 is 0. The molecular formula is C23H19N3O2S. The lowest BCUT2D eigenvalue weighted by Gasteiger charge is -2.10. The lowest BCUT2D eigenvalue weighted by atomic mass is 10.1. The average molecular weight is 401 g/mol. The third kappa shape index (κ3) is 4.92. The fourth-order valence-electron chi connectivity index (χ4n) is 2.94. The number of anilines is 2. The van der Waals surface area contributed by atoms with Gasteiger partial charge in [0.1, 0.15) is 0 Å². The van der Waals surface area contributed by atoms with E-state index in [9.17, 15) is 9.59 Å². The molecule has 5 nitrogen and oxygen atoms in total. The van der Waals surface area contributed by atoms with E-state index in [4.69, 9.17) is 0 Å². The van der Waals surface area contributed by atoms with Crippen molar-refractivity contribution in [3.8, 4) is 0 Å². The zero-order valence-electron chi connectivity index (χ0n) is 15.6. The highest BCUT2D eigenvalue weighted by Gasteiger charge is 2.16. The molecule has 0 aliphatic carbocycles. The van der Waals surface area contributed by atoms with E-state index in [1.807, 2.05) is 60.7 Å². The van der Waals surface area contributed by atoms with Gasteiger partial charge in [-0.25, -0.2) is 0 Å². The number of pyridine rings is 1. The third-order valence-electron chi connectivity index (χ3n) is 4.38. The minimum atomic E-state index is -0.220. The van der Waals surface area contributed by atoms with E-state index >= 15 is 0 Å². The van der Waals surface area contributed by atoms with Crippen LogP contribution in [0.5, 0.6) is 0 Å². The molecule has 3 aromatic rings. The minimum absolute atomic E-state index is 0.0267. The van der Waals surface area contributed by atoms with Crippen molar-refractivity contribution >= 4 is 47.1 Å². The quantitative estimate of drug-likeness (QED) is 0.650. The monoisotopic (exact) mass is 401 g/mol. The predicted octanol–water partition coefficient (Wildman–Crippen LogP) is 4.94. The summed E-state index contributed by atoms with van der Waals surface area (Å²) in [5.41, 5.74) is 3.72. The number of thioether (sulfide) groups is 1. The van der Waals surface area contributed by atoms with E-state index in [1.165, 1.54) is 0 Å². The molecule has 1 aliphatic rings. The summed E-state index contributed by atoms with van der Waals surface area (Å²) in [5.74, 6) is 0.492. The Labute approximate surface area is 173 Å². The smallest absolute Gasteiger partial charge is 0.255 e. The number of carbonyl (C=O) groups excluding carboxylic acids is 2. The maximum atomic E-state index is 12.7. The number of hydrogen-bond acceptors (Lipinski definition) is 4. The van der Waals surface area contributed by atoms with Crippen LogP contribution >= 0.6 is 11.8 Å². The average Bonchev–Trinajstić information content (AvgIpc) is 2.93. The van der Waals surface area contributed by atoms with Crippen molar-refractivity contribution in [2.45, 2.75) is 11.3 Å². The van der Waals surface area contributed by atoms with Crippen molar-refractivity contribution in [1.82, 2.24) is 4.98 Å². The maximum Gasteiger partial charge on any atom is 0.255 e. The number of benzene rings is 2. The number of amides is 2. The molecule has 0 radical (unpaired) electrons. The van der Waals surface area contributed by atoms with Gasteiger partial charge >= 0.3 is 0 Å². The normalized spacial score (nSPS) is 13.4. The molecule has 0 saturated carbocycles. The first kappa shape index (κ1) is 19.0. The molecule has 2 heterocycles. The van der Waals surface area contributed by atoms with Crippen LogP contribution in [0.3, 0.4) is 0 Å². The Morgan fingerprint density at radius 3 is 2.86 bits per heavy atom. The highest BCUT2D eigenvalue weighted by atomic mass is 32.2. The minimum Gasteiger partial charge on any atom is -0.325 e. The summed E-state index contributed by atoms with van der Waals surface area (Å²) >= 11 is 1.62. The van der Waals surface area contributed by atoms with Crippen LogP contribution in [-0.4, -0.2) is 22.6 Å². The second kappa shape index (κ2) is 8.75. The molecule has 2 aromatic carbocycles. The van der Waals surface area contributed by atoms with Crippen LogP contribution in [0.1, 0.15) is 28.0 Å². The van der Waals surface area contributed by atoms with Gasteiger partial charge in [0.15, 0.2) is 0 Å². The molecule has 29 heavy (non-hydrogen) atoms. The fourth-order valence-corrected chi connectivity index (χ4v) is 3.88. The first-order valence-electron chi connectivity index (χ1n) is 9.25. The predicted molar refractivity (Wildman–Crippen MR) is 118 cm³/mol. The number of nitrogens with one attached hydrogen (secondary N) is 2. The van der Waals surface area contributed by atoms with Crippen LogP contribution in [0.4, 0.5) is 11.4 Å². The van der Waals surface area contributed by atoms with E-state index in [2.05, 4.69) is 15.6 Å². The summed E-state index contributed by atoms with van der Waals surface area (Å²) in [4.78, 5) is 29.7. The van der Waals surface area contributed by atoms with Crippen molar-refractivity contribution in [3.05, 3.63) is 83.7 Å². The maximum absolute atomic E-state index is 12.7. The van der Waals surface area contributed by atoms with Gasteiger partial charge in [0.2, 0.25) is 5.91 Å². The van der Waals surface area contributed by atoms with E-state index < -0.39 is 0 Å². The number of aromatic nitrogens is 1. The number of hydrogen-bond donors (Lipinski definition) is 2. The first-order valence-corrected chi connectivity index (χ1v) is 10.2. The second-order valence-corrected chi connectivity index (χ2v) is 7.66. The van der Waals surface area contributed by atoms with Crippen LogP contribution in [0.15, 0.2) is 71.8 Å². The number of nitrogens with zero attached hydrogens (tertiary/aromatic N) is 1. The Bertz CT molecular complexity index is 1080. The van der Waals surface area contributed by atoms with E-state index in [-0.39, 0.29) is 11.8 Å². The van der Waals surface area contributed by atoms with Gasteiger partial charge in [-0.15, -0.1) is 11.8 Å². The molecule has 0 bridgehead atoms. The van der Waals surface area contributed by atoms with Gasteiger partial charge in [0, 0.05) is 34.5 Å². The summed E-state index contributed by atoms with van der Waals surface area (Å²) in [6.07, 6.45) is 6.10.